The standard InChI is InChI=1S/C14H17NO2/c16-10-9-11-5-7-13(8-6-11)15-14(17)12-3-1-2-4-12/h1-2,5-8,12,16H,3-4,9-10H2,(H,15,17). The van der Waals surface area contributed by atoms with Crippen LogP contribution in [0.15, 0.2) is 36.4 Å². The van der Waals surface area contributed by atoms with Gasteiger partial charge in [-0.25, -0.2) is 0 Å². The van der Waals surface area contributed by atoms with Gasteiger partial charge in [0.25, 0.3) is 0 Å². The topological polar surface area (TPSA) is 49.3 Å². The summed E-state index contributed by atoms with van der Waals surface area (Å²) in [5.41, 5.74) is 1.90. The average Bonchev–Trinajstić information content (AvgIpc) is 2.86. The second-order valence-electron chi connectivity index (χ2n) is 4.30. The average molecular weight is 231 g/mol. The van der Waals surface area contributed by atoms with Crippen LogP contribution in [0.25, 0.3) is 0 Å². The summed E-state index contributed by atoms with van der Waals surface area (Å²) in [4.78, 5) is 11.8. The lowest BCUT2D eigenvalue weighted by atomic mass is 10.1. The van der Waals surface area contributed by atoms with Crippen LogP contribution < -0.4 is 5.32 Å². The number of hydrogen-bond acceptors (Lipinski definition) is 2. The van der Waals surface area contributed by atoms with Gasteiger partial charge in [0.1, 0.15) is 0 Å². The molecule has 0 aromatic heterocycles. The highest BCUT2D eigenvalue weighted by atomic mass is 16.2. The normalized spacial score (nSPS) is 15.1. The first kappa shape index (κ1) is 11.9. The molecule has 1 aromatic carbocycles. The lowest BCUT2D eigenvalue weighted by molar-refractivity contribution is -0.119. The van der Waals surface area contributed by atoms with E-state index >= 15 is 0 Å². The zero-order chi connectivity index (χ0) is 12.1. The molecule has 1 aliphatic rings. The van der Waals surface area contributed by atoms with Crippen LogP contribution >= 0.6 is 0 Å². The Hall–Kier alpha value is -1.61. The Morgan fingerprint density at radius 3 is 2.47 bits per heavy atom. The number of aliphatic hydroxyl groups excluding tert-OH is 1. The van der Waals surface area contributed by atoms with Gasteiger partial charge in [0.15, 0.2) is 0 Å². The molecule has 1 aliphatic carbocycles. The Morgan fingerprint density at radius 2 is 1.88 bits per heavy atom. The number of carbonyl (C=O) groups excluding carboxylic acids is 1. The van der Waals surface area contributed by atoms with Crippen molar-refractivity contribution >= 4 is 11.6 Å². The highest BCUT2D eigenvalue weighted by Crippen LogP contribution is 2.20. The van der Waals surface area contributed by atoms with Gasteiger partial charge < -0.3 is 10.4 Å². The summed E-state index contributed by atoms with van der Waals surface area (Å²) in [6.07, 6.45) is 6.44. The van der Waals surface area contributed by atoms with Crippen molar-refractivity contribution in [2.24, 2.45) is 5.92 Å². The Balaban J connectivity index is 1.91. The summed E-state index contributed by atoms with van der Waals surface area (Å²) < 4.78 is 0. The fraction of sp³-hybridized carbons (Fsp3) is 0.357. The summed E-state index contributed by atoms with van der Waals surface area (Å²) in [7, 11) is 0. The maximum Gasteiger partial charge on any atom is 0.228 e. The van der Waals surface area contributed by atoms with Crippen molar-refractivity contribution in [2.45, 2.75) is 19.3 Å². The lowest BCUT2D eigenvalue weighted by Crippen LogP contribution is -2.20. The predicted octanol–water partition coefficient (Wildman–Crippen LogP) is 2.13. The molecule has 1 aromatic rings. The molecular formula is C14H17NO2. The summed E-state index contributed by atoms with van der Waals surface area (Å²) >= 11 is 0. The van der Waals surface area contributed by atoms with E-state index in [-0.39, 0.29) is 18.4 Å². The number of benzene rings is 1. The molecule has 0 unspecified atom stereocenters. The van der Waals surface area contributed by atoms with Crippen LogP contribution in [-0.4, -0.2) is 17.6 Å². The second-order valence-corrected chi connectivity index (χ2v) is 4.30. The number of rotatable bonds is 4. The molecule has 0 aliphatic heterocycles. The monoisotopic (exact) mass is 231 g/mol. The molecule has 0 saturated heterocycles. The van der Waals surface area contributed by atoms with Gasteiger partial charge in [-0.15, -0.1) is 0 Å². The first-order valence-corrected chi connectivity index (χ1v) is 5.95. The van der Waals surface area contributed by atoms with E-state index in [1.165, 1.54) is 0 Å². The molecule has 17 heavy (non-hydrogen) atoms. The van der Waals surface area contributed by atoms with Gasteiger partial charge in [-0.2, -0.15) is 0 Å². The molecule has 0 bridgehead atoms. The zero-order valence-corrected chi connectivity index (χ0v) is 9.73. The highest BCUT2D eigenvalue weighted by Gasteiger charge is 2.18. The van der Waals surface area contributed by atoms with Crippen LogP contribution in [0.5, 0.6) is 0 Å². The van der Waals surface area contributed by atoms with Crippen LogP contribution in [0.4, 0.5) is 5.69 Å². The minimum atomic E-state index is 0.0879. The van der Waals surface area contributed by atoms with E-state index in [1.807, 2.05) is 24.3 Å². The van der Waals surface area contributed by atoms with Crippen LogP contribution in [-0.2, 0) is 11.2 Å². The van der Waals surface area contributed by atoms with Crippen molar-refractivity contribution in [3.63, 3.8) is 0 Å². The Morgan fingerprint density at radius 1 is 1.24 bits per heavy atom. The van der Waals surface area contributed by atoms with Gasteiger partial charge >= 0.3 is 0 Å². The molecule has 0 atom stereocenters. The third-order valence-corrected chi connectivity index (χ3v) is 3.00. The minimum Gasteiger partial charge on any atom is -0.396 e. The van der Waals surface area contributed by atoms with Gasteiger partial charge in [0.05, 0.1) is 0 Å². The number of aliphatic hydroxyl groups is 1. The van der Waals surface area contributed by atoms with Gasteiger partial charge in [-0.3, -0.25) is 4.79 Å². The van der Waals surface area contributed by atoms with E-state index in [9.17, 15) is 4.79 Å². The number of hydrogen-bond donors (Lipinski definition) is 2. The van der Waals surface area contributed by atoms with Crippen LogP contribution in [0.2, 0.25) is 0 Å². The maximum absolute atomic E-state index is 11.8. The molecule has 2 N–H and O–H groups in total. The predicted molar refractivity (Wildman–Crippen MR) is 67.7 cm³/mol. The molecule has 1 amide bonds. The van der Waals surface area contributed by atoms with E-state index < -0.39 is 0 Å². The summed E-state index contributed by atoms with van der Waals surface area (Å²) in [6.45, 7) is 0.152. The first-order valence-electron chi connectivity index (χ1n) is 5.95. The van der Waals surface area contributed by atoms with Gasteiger partial charge in [0, 0.05) is 18.2 Å². The van der Waals surface area contributed by atoms with E-state index in [2.05, 4.69) is 17.5 Å². The number of carbonyl (C=O) groups is 1. The van der Waals surface area contributed by atoms with Crippen molar-refractivity contribution in [1.29, 1.82) is 0 Å². The van der Waals surface area contributed by atoms with Crippen LogP contribution in [0, 0.1) is 5.92 Å². The molecule has 2 rings (SSSR count). The van der Waals surface area contributed by atoms with E-state index in [4.69, 9.17) is 5.11 Å². The van der Waals surface area contributed by atoms with Gasteiger partial charge in [-0.1, -0.05) is 24.3 Å². The molecule has 0 radical (unpaired) electrons. The first-order chi connectivity index (χ1) is 8.29. The summed E-state index contributed by atoms with van der Waals surface area (Å²) in [5.74, 6) is 0.178. The van der Waals surface area contributed by atoms with E-state index in [1.54, 1.807) is 0 Å². The molecule has 3 heteroatoms. The molecule has 90 valence electrons. The molecule has 0 spiro atoms. The van der Waals surface area contributed by atoms with Crippen molar-refractivity contribution in [1.82, 2.24) is 0 Å². The number of anilines is 1. The van der Waals surface area contributed by atoms with Gasteiger partial charge in [0.2, 0.25) is 5.91 Å². The number of amides is 1. The quantitative estimate of drug-likeness (QED) is 0.780. The Labute approximate surface area is 101 Å². The third kappa shape index (κ3) is 3.17. The minimum absolute atomic E-state index is 0.0879. The van der Waals surface area contributed by atoms with Crippen molar-refractivity contribution in [2.75, 3.05) is 11.9 Å². The van der Waals surface area contributed by atoms with Gasteiger partial charge in [-0.05, 0) is 37.0 Å². The Kier molecular flexibility index (Phi) is 3.94. The van der Waals surface area contributed by atoms with E-state index in [0.717, 1.165) is 24.1 Å². The number of allylic oxidation sites excluding steroid dienone is 2. The summed E-state index contributed by atoms with van der Waals surface area (Å²) in [6, 6.07) is 7.62. The molecule has 0 saturated carbocycles. The summed E-state index contributed by atoms with van der Waals surface area (Å²) in [5, 5.41) is 11.7. The fourth-order valence-corrected chi connectivity index (χ4v) is 1.96. The van der Waals surface area contributed by atoms with Crippen LogP contribution in [0.1, 0.15) is 18.4 Å². The van der Waals surface area contributed by atoms with Crippen LogP contribution in [0.3, 0.4) is 0 Å². The third-order valence-electron chi connectivity index (χ3n) is 3.00. The zero-order valence-electron chi connectivity index (χ0n) is 9.73. The molecule has 0 heterocycles. The SMILES string of the molecule is O=C(Nc1ccc(CCO)cc1)C1CC=CC1. The fourth-order valence-electron chi connectivity index (χ4n) is 1.96. The lowest BCUT2D eigenvalue weighted by Gasteiger charge is -2.10. The molecule has 0 fully saturated rings. The largest absolute Gasteiger partial charge is 0.396 e. The number of nitrogens with one attached hydrogen (secondary N) is 1. The van der Waals surface area contributed by atoms with Crippen molar-refractivity contribution in [3.8, 4) is 0 Å². The second kappa shape index (κ2) is 5.64. The maximum atomic E-state index is 11.8. The van der Waals surface area contributed by atoms with Crippen molar-refractivity contribution < 1.29 is 9.90 Å². The highest BCUT2D eigenvalue weighted by molar-refractivity contribution is 5.93. The molecular weight excluding hydrogens is 214 g/mol. The Bertz CT molecular complexity index is 401. The molecule has 3 nitrogen and oxygen atoms in total. The van der Waals surface area contributed by atoms with Crippen molar-refractivity contribution in [3.05, 3.63) is 42.0 Å². The smallest absolute Gasteiger partial charge is 0.228 e. The van der Waals surface area contributed by atoms with E-state index in [0.29, 0.717) is 6.42 Å².